The molecule has 1 unspecified atom stereocenters. The predicted molar refractivity (Wildman–Crippen MR) is 117 cm³/mol. The van der Waals surface area contributed by atoms with Gasteiger partial charge in [0.2, 0.25) is 0 Å². The third kappa shape index (κ3) is 5.06. The first kappa shape index (κ1) is 23.7. The average molecular weight is 474 g/mol. The van der Waals surface area contributed by atoms with Crippen molar-refractivity contribution in [1.82, 2.24) is 15.0 Å². The Morgan fingerprint density at radius 1 is 1.12 bits per heavy atom. The Morgan fingerprint density at radius 2 is 1.85 bits per heavy atom. The molecule has 1 aliphatic heterocycles. The van der Waals surface area contributed by atoms with Gasteiger partial charge in [-0.3, -0.25) is 9.78 Å². The zero-order valence-corrected chi connectivity index (χ0v) is 18.5. The van der Waals surface area contributed by atoms with Crippen LogP contribution in [0, 0.1) is 11.6 Å². The number of nitrogens with one attached hydrogen (secondary N) is 1. The van der Waals surface area contributed by atoms with E-state index in [1.165, 1.54) is 24.7 Å². The molecule has 1 aromatic carbocycles. The number of carbonyl (C=O) groups is 1. The minimum absolute atomic E-state index is 0.00592. The molecule has 34 heavy (non-hydrogen) atoms. The lowest BCUT2D eigenvalue weighted by Crippen LogP contribution is -2.30. The van der Waals surface area contributed by atoms with Crippen LogP contribution in [0.25, 0.3) is 11.1 Å². The lowest BCUT2D eigenvalue weighted by Gasteiger charge is -2.30. The molecule has 1 saturated heterocycles. The van der Waals surface area contributed by atoms with Crippen molar-refractivity contribution in [2.24, 2.45) is 0 Å². The first-order valence-corrected chi connectivity index (χ1v) is 10.7. The van der Waals surface area contributed by atoms with Gasteiger partial charge < -0.3 is 10.1 Å². The van der Waals surface area contributed by atoms with Crippen molar-refractivity contribution in [3.8, 4) is 11.1 Å². The molecular weight excluding hydrogens is 452 g/mol. The highest BCUT2D eigenvalue weighted by Gasteiger charge is 2.39. The van der Waals surface area contributed by atoms with Gasteiger partial charge in [0.25, 0.3) is 11.8 Å². The van der Waals surface area contributed by atoms with Crippen molar-refractivity contribution < 1.29 is 27.1 Å². The fraction of sp³-hybridized carbons (Fsp3) is 0.333. The number of amides is 1. The first-order chi connectivity index (χ1) is 16.1. The van der Waals surface area contributed by atoms with Crippen LogP contribution in [0.2, 0.25) is 0 Å². The lowest BCUT2D eigenvalue weighted by atomic mass is 9.96. The lowest BCUT2D eigenvalue weighted by molar-refractivity contribution is -0.130. The smallest absolute Gasteiger partial charge is 0.258 e. The van der Waals surface area contributed by atoms with Crippen molar-refractivity contribution in [3.63, 3.8) is 0 Å². The topological polar surface area (TPSA) is 77.0 Å². The van der Waals surface area contributed by atoms with Gasteiger partial charge in [-0.1, -0.05) is 13.8 Å². The monoisotopic (exact) mass is 474 g/mol. The standard InChI is InChI=1S/C24H22F4N4O2/c1-13(2)22-30-11-14(12-31-22)23(33)32-20-16(17-9-15(25)3-4-18(17)26)5-7-29-21(20)19-10-24(27,28)6-8-34-19/h3-5,7,9,11-13,19H,6,8,10H2,1-2H3,(H,32,33). The van der Waals surface area contributed by atoms with Crippen molar-refractivity contribution in [2.45, 2.75) is 44.6 Å². The van der Waals surface area contributed by atoms with Gasteiger partial charge in [0.05, 0.1) is 23.6 Å². The SMILES string of the molecule is CC(C)c1ncc(C(=O)Nc2c(-c3cc(F)ccc3F)ccnc2C2CC(F)(F)CCO2)cn1. The third-order valence-corrected chi connectivity index (χ3v) is 5.46. The zero-order valence-electron chi connectivity index (χ0n) is 18.5. The van der Waals surface area contributed by atoms with Crippen LogP contribution in [-0.2, 0) is 4.74 Å². The van der Waals surface area contributed by atoms with Crippen LogP contribution < -0.4 is 5.32 Å². The van der Waals surface area contributed by atoms with Crippen molar-refractivity contribution in [3.05, 3.63) is 71.6 Å². The maximum atomic E-state index is 14.6. The van der Waals surface area contributed by atoms with Crippen molar-refractivity contribution in [1.29, 1.82) is 0 Å². The molecule has 2 aromatic heterocycles. The average Bonchev–Trinajstić information content (AvgIpc) is 2.80. The molecular formula is C24H22F4N4O2. The molecule has 3 aromatic rings. The van der Waals surface area contributed by atoms with Crippen LogP contribution in [0.3, 0.4) is 0 Å². The Balaban J connectivity index is 1.79. The number of benzene rings is 1. The second kappa shape index (κ2) is 9.46. The quantitative estimate of drug-likeness (QED) is 0.482. The summed E-state index contributed by atoms with van der Waals surface area (Å²) in [6, 6.07) is 4.23. The van der Waals surface area contributed by atoms with Crippen LogP contribution in [0.4, 0.5) is 23.2 Å². The van der Waals surface area contributed by atoms with E-state index < -0.39 is 42.4 Å². The minimum atomic E-state index is -2.99. The number of ether oxygens (including phenoxy) is 1. The fourth-order valence-corrected chi connectivity index (χ4v) is 3.68. The van der Waals surface area contributed by atoms with E-state index in [1.54, 1.807) is 0 Å². The minimum Gasteiger partial charge on any atom is -0.371 e. The van der Waals surface area contributed by atoms with Gasteiger partial charge in [-0.2, -0.15) is 0 Å². The van der Waals surface area contributed by atoms with Gasteiger partial charge in [0.15, 0.2) is 0 Å². The Kier molecular flexibility index (Phi) is 6.60. The van der Waals surface area contributed by atoms with E-state index >= 15 is 0 Å². The summed E-state index contributed by atoms with van der Waals surface area (Å²) < 4.78 is 62.4. The van der Waals surface area contributed by atoms with Crippen LogP contribution >= 0.6 is 0 Å². The maximum absolute atomic E-state index is 14.6. The number of aromatic nitrogens is 3. The summed E-state index contributed by atoms with van der Waals surface area (Å²) in [5, 5.41) is 2.62. The molecule has 0 saturated carbocycles. The number of pyridine rings is 1. The van der Waals surface area contributed by atoms with Gasteiger partial charge in [0.1, 0.15) is 23.6 Å². The van der Waals surface area contributed by atoms with E-state index in [2.05, 4.69) is 20.3 Å². The largest absolute Gasteiger partial charge is 0.371 e. The van der Waals surface area contributed by atoms with Gasteiger partial charge >= 0.3 is 0 Å². The van der Waals surface area contributed by atoms with Crippen LogP contribution in [-0.4, -0.2) is 33.4 Å². The number of hydrogen-bond acceptors (Lipinski definition) is 5. The van der Waals surface area contributed by atoms with Gasteiger partial charge in [-0.15, -0.1) is 0 Å². The molecule has 1 amide bonds. The van der Waals surface area contributed by atoms with Crippen LogP contribution in [0.5, 0.6) is 0 Å². The summed E-state index contributed by atoms with van der Waals surface area (Å²) >= 11 is 0. The van der Waals surface area contributed by atoms with Gasteiger partial charge in [0, 0.05) is 48.5 Å². The first-order valence-electron chi connectivity index (χ1n) is 10.7. The molecule has 1 N–H and O–H groups in total. The summed E-state index contributed by atoms with van der Waals surface area (Å²) in [7, 11) is 0. The second-order valence-corrected chi connectivity index (χ2v) is 8.35. The Labute approximate surface area is 193 Å². The number of hydrogen-bond donors (Lipinski definition) is 1. The molecule has 3 heterocycles. The number of nitrogens with zero attached hydrogens (tertiary/aromatic N) is 3. The summed E-state index contributed by atoms with van der Waals surface area (Å²) in [5.74, 6) is -4.52. The highest BCUT2D eigenvalue weighted by atomic mass is 19.3. The van der Waals surface area contributed by atoms with Crippen molar-refractivity contribution >= 4 is 11.6 Å². The highest BCUT2D eigenvalue weighted by Crippen LogP contribution is 2.42. The number of anilines is 1. The predicted octanol–water partition coefficient (Wildman–Crippen LogP) is 5.68. The van der Waals surface area contributed by atoms with Crippen molar-refractivity contribution in [2.75, 3.05) is 11.9 Å². The number of rotatable bonds is 5. The van der Waals surface area contributed by atoms with Crippen LogP contribution in [0.1, 0.15) is 60.6 Å². The molecule has 1 fully saturated rings. The fourth-order valence-electron chi connectivity index (χ4n) is 3.68. The van der Waals surface area contributed by atoms with E-state index in [4.69, 9.17) is 4.74 Å². The summed E-state index contributed by atoms with van der Waals surface area (Å²) in [4.78, 5) is 25.5. The molecule has 1 atom stereocenters. The van der Waals surface area contributed by atoms with Crippen LogP contribution in [0.15, 0.2) is 42.9 Å². The number of halogens is 4. The molecule has 0 spiro atoms. The zero-order chi connectivity index (χ0) is 24.5. The molecule has 1 aliphatic rings. The van der Waals surface area contributed by atoms with E-state index in [0.717, 1.165) is 18.2 Å². The number of alkyl halides is 2. The molecule has 6 nitrogen and oxygen atoms in total. The van der Waals surface area contributed by atoms with Gasteiger partial charge in [-0.25, -0.2) is 27.5 Å². The number of carbonyl (C=O) groups excluding carboxylic acids is 1. The molecule has 178 valence electrons. The molecule has 10 heteroatoms. The third-order valence-electron chi connectivity index (χ3n) is 5.46. The van der Waals surface area contributed by atoms with Gasteiger partial charge in [-0.05, 0) is 24.3 Å². The van der Waals surface area contributed by atoms with E-state index in [0.29, 0.717) is 5.82 Å². The Bertz CT molecular complexity index is 1200. The maximum Gasteiger partial charge on any atom is 0.258 e. The van der Waals surface area contributed by atoms with E-state index in [1.807, 2.05) is 13.8 Å². The molecule has 0 radical (unpaired) electrons. The highest BCUT2D eigenvalue weighted by molar-refractivity contribution is 6.06. The molecule has 0 aliphatic carbocycles. The molecule has 4 rings (SSSR count). The normalized spacial score (nSPS) is 17.6. The summed E-state index contributed by atoms with van der Waals surface area (Å²) in [5.41, 5.74) is -0.0403. The summed E-state index contributed by atoms with van der Waals surface area (Å²) in [6.45, 7) is 3.59. The second-order valence-electron chi connectivity index (χ2n) is 8.35. The van der Waals surface area contributed by atoms with E-state index in [-0.39, 0.29) is 40.6 Å². The Hall–Kier alpha value is -3.40. The Morgan fingerprint density at radius 3 is 2.53 bits per heavy atom. The van der Waals surface area contributed by atoms with E-state index in [9.17, 15) is 22.4 Å². The molecule has 0 bridgehead atoms. The summed E-state index contributed by atoms with van der Waals surface area (Å²) in [6.07, 6.45) is 1.69.